The van der Waals surface area contributed by atoms with Crippen LogP contribution in [-0.2, 0) is 4.79 Å². The molecule has 2 rings (SSSR count). The molecule has 2 atom stereocenters. The van der Waals surface area contributed by atoms with Gasteiger partial charge in [0.25, 0.3) is 0 Å². The van der Waals surface area contributed by atoms with Crippen LogP contribution in [-0.4, -0.2) is 29.2 Å². The predicted octanol–water partition coefficient (Wildman–Crippen LogP) is 2.63. The fraction of sp³-hybridized carbons (Fsp3) is 0.786. The van der Waals surface area contributed by atoms with Gasteiger partial charge in [0, 0.05) is 12.3 Å². The van der Waals surface area contributed by atoms with Gasteiger partial charge in [0.1, 0.15) is 5.01 Å². The zero-order valence-electron chi connectivity index (χ0n) is 12.5. The van der Waals surface area contributed by atoms with Crippen LogP contribution < -0.4 is 10.6 Å². The zero-order valence-corrected chi connectivity index (χ0v) is 13.3. The number of amides is 1. The van der Waals surface area contributed by atoms with Crippen molar-refractivity contribution in [3.63, 3.8) is 0 Å². The molecule has 1 saturated heterocycles. The third-order valence-corrected chi connectivity index (χ3v) is 4.97. The van der Waals surface area contributed by atoms with E-state index >= 15 is 0 Å². The van der Waals surface area contributed by atoms with Gasteiger partial charge in [0.05, 0.1) is 0 Å². The minimum Gasteiger partial charge on any atom is -0.316 e. The molecular weight excluding hydrogens is 272 g/mol. The van der Waals surface area contributed by atoms with E-state index in [2.05, 4.69) is 41.6 Å². The summed E-state index contributed by atoms with van der Waals surface area (Å²) in [5.74, 6) is 1.41. The maximum atomic E-state index is 12.1. The van der Waals surface area contributed by atoms with Crippen molar-refractivity contribution in [2.75, 3.05) is 18.4 Å². The monoisotopic (exact) mass is 296 g/mol. The number of anilines is 1. The van der Waals surface area contributed by atoms with Crippen LogP contribution in [0.25, 0.3) is 0 Å². The van der Waals surface area contributed by atoms with Crippen molar-refractivity contribution in [3.8, 4) is 0 Å². The predicted molar refractivity (Wildman–Crippen MR) is 82.0 cm³/mol. The van der Waals surface area contributed by atoms with E-state index in [4.69, 9.17) is 0 Å². The second kappa shape index (κ2) is 7.13. The molecule has 0 radical (unpaired) electrons. The lowest BCUT2D eigenvalue weighted by molar-refractivity contribution is -0.117. The van der Waals surface area contributed by atoms with Gasteiger partial charge >= 0.3 is 0 Å². The number of rotatable bonds is 5. The Bertz CT molecular complexity index is 440. The summed E-state index contributed by atoms with van der Waals surface area (Å²) in [4.78, 5) is 12.1. The largest absolute Gasteiger partial charge is 0.316 e. The molecule has 0 aromatic carbocycles. The molecule has 0 spiro atoms. The highest BCUT2D eigenvalue weighted by Crippen LogP contribution is 2.25. The third kappa shape index (κ3) is 4.24. The van der Waals surface area contributed by atoms with Crippen molar-refractivity contribution in [2.24, 2.45) is 11.8 Å². The molecular formula is C14H24N4OS. The molecule has 1 aromatic rings. The molecule has 2 N–H and O–H groups in total. The van der Waals surface area contributed by atoms with Gasteiger partial charge in [-0.1, -0.05) is 32.1 Å². The fourth-order valence-corrected chi connectivity index (χ4v) is 3.27. The summed E-state index contributed by atoms with van der Waals surface area (Å²) in [6.07, 6.45) is 2.99. The third-order valence-electron chi connectivity index (χ3n) is 3.83. The molecule has 1 aromatic heterocycles. The van der Waals surface area contributed by atoms with Gasteiger partial charge in [-0.3, -0.25) is 4.79 Å². The first-order chi connectivity index (χ1) is 9.56. The SMILES string of the molecule is CC(C)c1nnc(NC(=O)CC(C)C2CCCNC2)s1. The summed E-state index contributed by atoms with van der Waals surface area (Å²) in [5, 5.41) is 16.0. The van der Waals surface area contributed by atoms with Crippen LogP contribution >= 0.6 is 11.3 Å². The number of hydrogen-bond donors (Lipinski definition) is 2. The first kappa shape index (κ1) is 15.4. The number of aromatic nitrogens is 2. The number of nitrogens with one attached hydrogen (secondary N) is 2. The van der Waals surface area contributed by atoms with Crippen LogP contribution in [0.1, 0.15) is 51.0 Å². The molecule has 2 unspecified atom stereocenters. The van der Waals surface area contributed by atoms with Gasteiger partial charge in [-0.15, -0.1) is 10.2 Å². The van der Waals surface area contributed by atoms with E-state index in [0.717, 1.165) is 18.1 Å². The van der Waals surface area contributed by atoms with E-state index in [9.17, 15) is 4.79 Å². The molecule has 112 valence electrons. The van der Waals surface area contributed by atoms with E-state index in [1.807, 2.05) is 0 Å². The van der Waals surface area contributed by atoms with Gasteiger partial charge in [0.2, 0.25) is 11.0 Å². The quantitative estimate of drug-likeness (QED) is 0.876. The maximum Gasteiger partial charge on any atom is 0.226 e. The summed E-state index contributed by atoms with van der Waals surface area (Å²) in [6, 6.07) is 0. The van der Waals surface area contributed by atoms with Crippen molar-refractivity contribution < 1.29 is 4.79 Å². The molecule has 20 heavy (non-hydrogen) atoms. The van der Waals surface area contributed by atoms with Gasteiger partial charge in [-0.25, -0.2) is 0 Å². The molecule has 0 saturated carbocycles. The Kier molecular flexibility index (Phi) is 5.48. The molecule has 1 aliphatic heterocycles. The highest BCUT2D eigenvalue weighted by molar-refractivity contribution is 7.15. The average molecular weight is 296 g/mol. The fourth-order valence-electron chi connectivity index (χ4n) is 2.51. The Morgan fingerprint density at radius 3 is 2.85 bits per heavy atom. The Morgan fingerprint density at radius 2 is 2.25 bits per heavy atom. The van der Waals surface area contributed by atoms with Gasteiger partial charge in [-0.2, -0.15) is 0 Å². The second-order valence-electron chi connectivity index (χ2n) is 5.94. The van der Waals surface area contributed by atoms with Gasteiger partial charge in [-0.05, 0) is 37.8 Å². The second-order valence-corrected chi connectivity index (χ2v) is 6.95. The lowest BCUT2D eigenvalue weighted by Gasteiger charge is -2.27. The summed E-state index contributed by atoms with van der Waals surface area (Å²) in [6.45, 7) is 8.45. The smallest absolute Gasteiger partial charge is 0.226 e. The van der Waals surface area contributed by atoms with Gasteiger partial charge < -0.3 is 10.6 Å². The molecule has 2 heterocycles. The minimum atomic E-state index is 0.0505. The number of carbonyl (C=O) groups excluding carboxylic acids is 1. The molecule has 5 nitrogen and oxygen atoms in total. The molecule has 1 fully saturated rings. The van der Waals surface area contributed by atoms with Crippen LogP contribution in [0, 0.1) is 11.8 Å². The average Bonchev–Trinajstić information content (AvgIpc) is 2.88. The zero-order chi connectivity index (χ0) is 14.5. The van der Waals surface area contributed by atoms with Crippen molar-refractivity contribution >= 4 is 22.4 Å². The number of piperidine rings is 1. The van der Waals surface area contributed by atoms with Crippen LogP contribution in [0.5, 0.6) is 0 Å². The number of nitrogens with zero attached hydrogens (tertiary/aromatic N) is 2. The van der Waals surface area contributed by atoms with Crippen LogP contribution in [0.3, 0.4) is 0 Å². The van der Waals surface area contributed by atoms with Crippen LogP contribution in [0.2, 0.25) is 0 Å². The molecule has 1 amide bonds. The van der Waals surface area contributed by atoms with Crippen molar-refractivity contribution in [3.05, 3.63) is 5.01 Å². The summed E-state index contributed by atoms with van der Waals surface area (Å²) in [5.41, 5.74) is 0. The Hall–Kier alpha value is -1.01. The van der Waals surface area contributed by atoms with Crippen LogP contribution in [0.4, 0.5) is 5.13 Å². The highest BCUT2D eigenvalue weighted by Gasteiger charge is 2.22. The Balaban J connectivity index is 1.81. The first-order valence-electron chi connectivity index (χ1n) is 7.40. The van der Waals surface area contributed by atoms with E-state index in [1.165, 1.54) is 24.2 Å². The van der Waals surface area contributed by atoms with E-state index in [0.29, 0.717) is 29.3 Å². The lowest BCUT2D eigenvalue weighted by atomic mass is 9.85. The molecule has 1 aliphatic rings. The standard InChI is InChI=1S/C14H24N4OS/c1-9(2)13-17-18-14(20-13)16-12(19)7-10(3)11-5-4-6-15-8-11/h9-11,15H,4-8H2,1-3H3,(H,16,18,19). The van der Waals surface area contributed by atoms with Crippen molar-refractivity contribution in [2.45, 2.75) is 46.0 Å². The van der Waals surface area contributed by atoms with Crippen LogP contribution in [0.15, 0.2) is 0 Å². The summed E-state index contributed by atoms with van der Waals surface area (Å²) < 4.78 is 0. The minimum absolute atomic E-state index is 0.0505. The first-order valence-corrected chi connectivity index (χ1v) is 8.22. The van der Waals surface area contributed by atoms with Crippen molar-refractivity contribution in [1.82, 2.24) is 15.5 Å². The Morgan fingerprint density at radius 1 is 1.45 bits per heavy atom. The highest BCUT2D eigenvalue weighted by atomic mass is 32.1. The summed E-state index contributed by atoms with van der Waals surface area (Å²) >= 11 is 1.47. The molecule has 6 heteroatoms. The van der Waals surface area contributed by atoms with Gasteiger partial charge in [0.15, 0.2) is 0 Å². The molecule has 0 aliphatic carbocycles. The van der Waals surface area contributed by atoms with E-state index in [-0.39, 0.29) is 5.91 Å². The van der Waals surface area contributed by atoms with Crippen molar-refractivity contribution in [1.29, 1.82) is 0 Å². The molecule has 0 bridgehead atoms. The normalized spacial score (nSPS) is 20.9. The number of hydrogen-bond acceptors (Lipinski definition) is 5. The number of carbonyl (C=O) groups is 1. The summed E-state index contributed by atoms with van der Waals surface area (Å²) in [7, 11) is 0. The lowest BCUT2D eigenvalue weighted by Crippen LogP contribution is -2.34. The topological polar surface area (TPSA) is 66.9 Å². The van der Waals surface area contributed by atoms with E-state index < -0.39 is 0 Å². The van der Waals surface area contributed by atoms with E-state index in [1.54, 1.807) is 0 Å². The maximum absolute atomic E-state index is 12.1. The Labute approximate surface area is 124 Å².